The van der Waals surface area contributed by atoms with Crippen LogP contribution in [0.5, 0.6) is 11.5 Å². The maximum atomic E-state index is 13.0. The van der Waals surface area contributed by atoms with E-state index in [-0.39, 0.29) is 35.2 Å². The molecule has 1 heterocycles. The summed E-state index contributed by atoms with van der Waals surface area (Å²) in [6.45, 7) is 1.62. The Labute approximate surface area is 236 Å². The zero-order chi connectivity index (χ0) is 27.9. The molecule has 1 saturated heterocycles. The van der Waals surface area contributed by atoms with Crippen molar-refractivity contribution in [2.75, 3.05) is 18.5 Å². The molecule has 10 nitrogen and oxygen atoms in total. The van der Waals surface area contributed by atoms with E-state index in [4.69, 9.17) is 9.47 Å². The lowest BCUT2D eigenvalue weighted by Gasteiger charge is -2.15. The number of para-hydroxylation sites is 2. The Balaban J connectivity index is 1.51. The molecule has 0 aromatic heterocycles. The number of nitrogens with zero attached hydrogens (tertiary/aromatic N) is 2. The van der Waals surface area contributed by atoms with Crippen molar-refractivity contribution in [3.8, 4) is 11.5 Å². The van der Waals surface area contributed by atoms with Gasteiger partial charge in [0.2, 0.25) is 0 Å². The van der Waals surface area contributed by atoms with E-state index in [2.05, 4.69) is 21.2 Å². The van der Waals surface area contributed by atoms with E-state index in [0.29, 0.717) is 33.8 Å². The summed E-state index contributed by atoms with van der Waals surface area (Å²) >= 11 is 4.18. The minimum Gasteiger partial charge on any atom is -0.490 e. The Morgan fingerprint density at radius 1 is 1.10 bits per heavy atom. The summed E-state index contributed by atoms with van der Waals surface area (Å²) in [6.07, 6.45) is 1.53. The number of nitrogens with one attached hydrogen (secondary N) is 1. The first-order chi connectivity index (χ1) is 18.8. The van der Waals surface area contributed by atoms with Gasteiger partial charge in [0.15, 0.2) is 18.1 Å². The molecule has 0 saturated carbocycles. The van der Waals surface area contributed by atoms with Crippen LogP contribution in [-0.2, 0) is 16.1 Å². The SMILES string of the molecule is CCOc1cc(/C=C2\SC(=O)N(Cc3ccccc3[N+](=O)[O-])C2=O)cc(Br)c1OCC(=O)Nc1ccccc1. The van der Waals surface area contributed by atoms with Gasteiger partial charge < -0.3 is 14.8 Å². The van der Waals surface area contributed by atoms with Crippen molar-refractivity contribution in [3.05, 3.63) is 97.3 Å². The van der Waals surface area contributed by atoms with E-state index < -0.39 is 16.1 Å². The predicted octanol–water partition coefficient (Wildman–Crippen LogP) is 6.01. The number of carbonyl (C=O) groups is 3. The van der Waals surface area contributed by atoms with Gasteiger partial charge in [-0.15, -0.1) is 0 Å². The molecular weight excluding hydrogens is 590 g/mol. The van der Waals surface area contributed by atoms with Crippen molar-refractivity contribution >= 4 is 62.2 Å². The highest BCUT2D eigenvalue weighted by Crippen LogP contribution is 2.40. The van der Waals surface area contributed by atoms with Crippen LogP contribution >= 0.6 is 27.7 Å². The molecule has 12 heteroatoms. The van der Waals surface area contributed by atoms with Crippen molar-refractivity contribution in [1.29, 1.82) is 0 Å². The first-order valence-corrected chi connectivity index (χ1v) is 13.3. The maximum Gasteiger partial charge on any atom is 0.293 e. The van der Waals surface area contributed by atoms with Crippen LogP contribution in [0, 0.1) is 10.1 Å². The zero-order valence-corrected chi connectivity index (χ0v) is 23.0. The highest BCUT2D eigenvalue weighted by Gasteiger charge is 2.36. The number of carbonyl (C=O) groups excluding carboxylic acids is 3. The molecule has 39 heavy (non-hydrogen) atoms. The molecule has 0 radical (unpaired) electrons. The second kappa shape index (κ2) is 12.6. The Morgan fingerprint density at radius 3 is 2.54 bits per heavy atom. The molecule has 3 amide bonds. The third-order valence-corrected chi connectivity index (χ3v) is 6.92. The molecule has 1 fully saturated rings. The fourth-order valence-electron chi connectivity index (χ4n) is 3.71. The molecule has 0 atom stereocenters. The number of hydrogen-bond acceptors (Lipinski definition) is 8. The zero-order valence-electron chi connectivity index (χ0n) is 20.6. The average Bonchev–Trinajstić information content (AvgIpc) is 3.16. The van der Waals surface area contributed by atoms with E-state index >= 15 is 0 Å². The smallest absolute Gasteiger partial charge is 0.293 e. The van der Waals surface area contributed by atoms with Crippen LogP contribution in [-0.4, -0.2) is 40.1 Å². The Morgan fingerprint density at radius 2 is 1.82 bits per heavy atom. The van der Waals surface area contributed by atoms with Gasteiger partial charge in [-0.2, -0.15) is 0 Å². The van der Waals surface area contributed by atoms with Crippen molar-refractivity contribution in [3.63, 3.8) is 0 Å². The number of anilines is 1. The molecule has 0 unspecified atom stereocenters. The number of hydrogen-bond donors (Lipinski definition) is 1. The molecule has 0 bridgehead atoms. The second-order valence-corrected chi connectivity index (χ2v) is 9.97. The average molecular weight is 612 g/mol. The minimum atomic E-state index is -0.560. The maximum absolute atomic E-state index is 13.0. The standard InChI is InChI=1S/C27H22BrN3O7S/c1-2-37-22-13-17(12-20(28)25(22)38-16-24(32)29-19-9-4-3-5-10-19)14-23-26(33)30(27(34)39-23)15-18-8-6-7-11-21(18)31(35)36/h3-14H,2,15-16H2,1H3,(H,29,32)/b23-14-. The molecule has 1 aliphatic rings. The number of nitro groups is 1. The number of thioether (sulfide) groups is 1. The summed E-state index contributed by atoms with van der Waals surface area (Å²) in [5, 5.41) is 13.5. The quantitative estimate of drug-likeness (QED) is 0.168. The van der Waals surface area contributed by atoms with Gasteiger partial charge in [-0.1, -0.05) is 36.4 Å². The van der Waals surface area contributed by atoms with Crippen LogP contribution in [0.3, 0.4) is 0 Å². The van der Waals surface area contributed by atoms with Gasteiger partial charge in [0.1, 0.15) is 0 Å². The Hall–Kier alpha value is -4.16. The molecule has 3 aromatic rings. The van der Waals surface area contributed by atoms with Gasteiger partial charge in [0.05, 0.1) is 27.5 Å². The van der Waals surface area contributed by atoms with Crippen LogP contribution in [0.4, 0.5) is 16.2 Å². The first kappa shape index (κ1) is 27.9. The van der Waals surface area contributed by atoms with Gasteiger partial charge in [-0.25, -0.2) is 0 Å². The Kier molecular flexibility index (Phi) is 8.99. The van der Waals surface area contributed by atoms with Gasteiger partial charge in [0, 0.05) is 17.3 Å². The summed E-state index contributed by atoms with van der Waals surface area (Å²) in [4.78, 5) is 49.9. The molecule has 1 N–H and O–H groups in total. The minimum absolute atomic E-state index is 0.156. The largest absolute Gasteiger partial charge is 0.490 e. The van der Waals surface area contributed by atoms with E-state index in [0.717, 1.165) is 16.7 Å². The normalized spacial score (nSPS) is 14.0. The fraction of sp³-hybridized carbons (Fsp3) is 0.148. The molecule has 1 aliphatic heterocycles. The van der Waals surface area contributed by atoms with Crippen molar-refractivity contribution in [2.24, 2.45) is 0 Å². The van der Waals surface area contributed by atoms with Crippen molar-refractivity contribution < 1.29 is 28.8 Å². The second-order valence-electron chi connectivity index (χ2n) is 8.12. The molecule has 4 rings (SSSR count). The summed E-state index contributed by atoms with van der Waals surface area (Å²) in [6, 6.07) is 18.2. The van der Waals surface area contributed by atoms with E-state index in [9.17, 15) is 24.5 Å². The number of halogens is 1. The number of ether oxygens (including phenoxy) is 2. The summed E-state index contributed by atoms with van der Waals surface area (Å²) in [5.41, 5.74) is 1.27. The molecule has 0 aliphatic carbocycles. The lowest BCUT2D eigenvalue weighted by Crippen LogP contribution is -2.27. The number of amides is 3. The number of rotatable bonds is 10. The fourth-order valence-corrected chi connectivity index (χ4v) is 5.12. The van der Waals surface area contributed by atoms with Crippen LogP contribution in [0.1, 0.15) is 18.1 Å². The van der Waals surface area contributed by atoms with Gasteiger partial charge in [-0.05, 0) is 70.5 Å². The highest BCUT2D eigenvalue weighted by molar-refractivity contribution is 9.10. The molecule has 3 aromatic carbocycles. The predicted molar refractivity (Wildman–Crippen MR) is 150 cm³/mol. The summed E-state index contributed by atoms with van der Waals surface area (Å²) in [7, 11) is 0. The number of imide groups is 1. The monoisotopic (exact) mass is 611 g/mol. The highest BCUT2D eigenvalue weighted by atomic mass is 79.9. The number of benzene rings is 3. The van der Waals surface area contributed by atoms with E-state index in [1.807, 2.05) is 6.07 Å². The van der Waals surface area contributed by atoms with Gasteiger partial charge in [0.25, 0.3) is 22.7 Å². The Bertz CT molecular complexity index is 1460. The molecule has 200 valence electrons. The lowest BCUT2D eigenvalue weighted by molar-refractivity contribution is -0.385. The molecular formula is C27H22BrN3O7S. The van der Waals surface area contributed by atoms with Crippen molar-refractivity contribution in [2.45, 2.75) is 13.5 Å². The van der Waals surface area contributed by atoms with Crippen LogP contribution in [0.2, 0.25) is 0 Å². The van der Waals surface area contributed by atoms with Gasteiger partial charge in [-0.3, -0.25) is 29.4 Å². The van der Waals surface area contributed by atoms with Crippen LogP contribution in [0.25, 0.3) is 6.08 Å². The van der Waals surface area contributed by atoms with Crippen LogP contribution in [0.15, 0.2) is 76.1 Å². The molecule has 0 spiro atoms. The van der Waals surface area contributed by atoms with E-state index in [1.165, 1.54) is 24.3 Å². The van der Waals surface area contributed by atoms with Gasteiger partial charge >= 0.3 is 0 Å². The van der Waals surface area contributed by atoms with Crippen LogP contribution < -0.4 is 14.8 Å². The van der Waals surface area contributed by atoms with E-state index in [1.54, 1.807) is 49.4 Å². The third-order valence-electron chi connectivity index (χ3n) is 5.42. The van der Waals surface area contributed by atoms with Crippen molar-refractivity contribution in [1.82, 2.24) is 4.90 Å². The summed E-state index contributed by atoms with van der Waals surface area (Å²) < 4.78 is 11.9. The first-order valence-electron chi connectivity index (χ1n) is 11.7. The third kappa shape index (κ3) is 6.84. The lowest BCUT2D eigenvalue weighted by atomic mass is 10.1. The number of nitro benzene ring substituents is 1. The summed E-state index contributed by atoms with van der Waals surface area (Å²) in [5.74, 6) is -0.270. The topological polar surface area (TPSA) is 128 Å².